The SMILES string of the molecule is CC(C)(O)CCCSCCN. The van der Waals surface area contributed by atoms with Crippen LogP contribution >= 0.6 is 11.8 Å². The summed E-state index contributed by atoms with van der Waals surface area (Å²) >= 11 is 1.86. The minimum absolute atomic E-state index is 0.497. The van der Waals surface area contributed by atoms with Gasteiger partial charge in [-0.15, -0.1) is 0 Å². The third-order valence-corrected chi connectivity index (χ3v) is 2.44. The van der Waals surface area contributed by atoms with E-state index in [2.05, 4.69) is 0 Å². The highest BCUT2D eigenvalue weighted by Crippen LogP contribution is 2.12. The molecule has 0 unspecified atom stereocenters. The van der Waals surface area contributed by atoms with E-state index in [9.17, 15) is 5.11 Å². The fourth-order valence-electron chi connectivity index (χ4n) is 0.792. The lowest BCUT2D eigenvalue weighted by Gasteiger charge is -2.15. The summed E-state index contributed by atoms with van der Waals surface area (Å²) in [5, 5.41) is 9.34. The molecule has 0 saturated heterocycles. The molecule has 0 aromatic rings. The summed E-state index contributed by atoms with van der Waals surface area (Å²) < 4.78 is 0. The van der Waals surface area contributed by atoms with Crippen LogP contribution in [0.1, 0.15) is 26.7 Å². The molecule has 11 heavy (non-hydrogen) atoms. The maximum atomic E-state index is 9.34. The Morgan fingerprint density at radius 3 is 2.45 bits per heavy atom. The molecule has 0 atom stereocenters. The predicted octanol–water partition coefficient (Wildman–Crippen LogP) is 1.23. The molecule has 3 N–H and O–H groups in total. The van der Waals surface area contributed by atoms with Gasteiger partial charge in [0.1, 0.15) is 0 Å². The van der Waals surface area contributed by atoms with Crippen molar-refractivity contribution >= 4 is 11.8 Å². The highest BCUT2D eigenvalue weighted by molar-refractivity contribution is 7.99. The van der Waals surface area contributed by atoms with E-state index in [0.717, 1.165) is 30.9 Å². The van der Waals surface area contributed by atoms with Gasteiger partial charge in [-0.3, -0.25) is 0 Å². The molecule has 68 valence electrons. The Balaban J connectivity index is 3.02. The van der Waals surface area contributed by atoms with E-state index < -0.39 is 5.60 Å². The Bertz CT molecular complexity index is 90.6. The zero-order valence-corrected chi connectivity index (χ0v) is 8.28. The molecule has 0 aliphatic carbocycles. The summed E-state index contributed by atoms with van der Waals surface area (Å²) in [7, 11) is 0. The first-order chi connectivity index (χ1) is 5.06. The average molecular weight is 177 g/mol. The van der Waals surface area contributed by atoms with Gasteiger partial charge < -0.3 is 10.8 Å². The van der Waals surface area contributed by atoms with Crippen LogP contribution in [0, 0.1) is 0 Å². The molecular formula is C8H19NOS. The Labute approximate surface area is 73.6 Å². The molecule has 3 heteroatoms. The van der Waals surface area contributed by atoms with Crippen LogP contribution in [0.2, 0.25) is 0 Å². The van der Waals surface area contributed by atoms with Crippen molar-refractivity contribution in [2.24, 2.45) is 5.73 Å². The van der Waals surface area contributed by atoms with Crippen molar-refractivity contribution < 1.29 is 5.11 Å². The molecule has 0 aliphatic heterocycles. The minimum atomic E-state index is -0.497. The maximum Gasteiger partial charge on any atom is 0.0592 e. The van der Waals surface area contributed by atoms with E-state index in [1.807, 2.05) is 25.6 Å². The summed E-state index contributed by atoms with van der Waals surface area (Å²) in [6, 6.07) is 0. The minimum Gasteiger partial charge on any atom is -0.390 e. The van der Waals surface area contributed by atoms with Gasteiger partial charge in [-0.05, 0) is 32.4 Å². The summed E-state index contributed by atoms with van der Waals surface area (Å²) in [6.45, 7) is 4.45. The van der Waals surface area contributed by atoms with Crippen LogP contribution in [-0.4, -0.2) is 28.8 Å². The Morgan fingerprint density at radius 2 is 2.00 bits per heavy atom. The molecule has 0 bridgehead atoms. The van der Waals surface area contributed by atoms with Gasteiger partial charge in [0.05, 0.1) is 5.60 Å². The van der Waals surface area contributed by atoms with Crippen LogP contribution < -0.4 is 5.73 Å². The van der Waals surface area contributed by atoms with Gasteiger partial charge in [-0.25, -0.2) is 0 Å². The maximum absolute atomic E-state index is 9.34. The van der Waals surface area contributed by atoms with Crippen LogP contribution in [0.3, 0.4) is 0 Å². The second-order valence-electron chi connectivity index (χ2n) is 3.32. The smallest absolute Gasteiger partial charge is 0.0592 e. The van der Waals surface area contributed by atoms with Gasteiger partial charge >= 0.3 is 0 Å². The Kier molecular flexibility index (Phi) is 6.01. The molecule has 0 aromatic carbocycles. The Morgan fingerprint density at radius 1 is 1.36 bits per heavy atom. The van der Waals surface area contributed by atoms with Crippen LogP contribution in [0.5, 0.6) is 0 Å². The normalized spacial score (nSPS) is 12.0. The van der Waals surface area contributed by atoms with Crippen molar-refractivity contribution in [3.8, 4) is 0 Å². The number of thioether (sulfide) groups is 1. The van der Waals surface area contributed by atoms with E-state index in [-0.39, 0.29) is 0 Å². The molecule has 0 rings (SSSR count). The van der Waals surface area contributed by atoms with Gasteiger partial charge in [0, 0.05) is 12.3 Å². The standard InChI is InChI=1S/C8H19NOS/c1-8(2,10)4-3-6-11-7-5-9/h10H,3-7,9H2,1-2H3. The summed E-state index contributed by atoms with van der Waals surface area (Å²) in [6.07, 6.45) is 1.96. The van der Waals surface area contributed by atoms with Crippen LogP contribution in [0.15, 0.2) is 0 Å². The van der Waals surface area contributed by atoms with E-state index in [1.54, 1.807) is 0 Å². The lowest BCUT2D eigenvalue weighted by atomic mass is 10.0. The van der Waals surface area contributed by atoms with Gasteiger partial charge in [-0.1, -0.05) is 0 Å². The van der Waals surface area contributed by atoms with E-state index in [0.29, 0.717) is 0 Å². The highest BCUT2D eigenvalue weighted by Gasteiger charge is 2.10. The molecular weight excluding hydrogens is 158 g/mol. The second kappa shape index (κ2) is 5.86. The molecule has 0 heterocycles. The first-order valence-electron chi connectivity index (χ1n) is 4.06. The third kappa shape index (κ3) is 10.3. The monoisotopic (exact) mass is 177 g/mol. The molecule has 0 aliphatic rings. The van der Waals surface area contributed by atoms with Crippen molar-refractivity contribution in [3.05, 3.63) is 0 Å². The second-order valence-corrected chi connectivity index (χ2v) is 4.54. The van der Waals surface area contributed by atoms with Gasteiger partial charge in [0.15, 0.2) is 0 Å². The highest BCUT2D eigenvalue weighted by atomic mass is 32.2. The fraction of sp³-hybridized carbons (Fsp3) is 1.00. The molecule has 0 spiro atoms. The van der Waals surface area contributed by atoms with Crippen LogP contribution in [-0.2, 0) is 0 Å². The van der Waals surface area contributed by atoms with Crippen molar-refractivity contribution in [1.82, 2.24) is 0 Å². The van der Waals surface area contributed by atoms with Gasteiger partial charge in [0.2, 0.25) is 0 Å². The first-order valence-corrected chi connectivity index (χ1v) is 5.22. The lowest BCUT2D eigenvalue weighted by Crippen LogP contribution is -2.18. The third-order valence-electron chi connectivity index (χ3n) is 1.34. The zero-order valence-electron chi connectivity index (χ0n) is 7.47. The molecule has 2 nitrogen and oxygen atoms in total. The Hall–Kier alpha value is 0.270. The van der Waals surface area contributed by atoms with Crippen LogP contribution in [0.25, 0.3) is 0 Å². The van der Waals surface area contributed by atoms with Crippen molar-refractivity contribution in [2.45, 2.75) is 32.3 Å². The molecule has 0 aromatic heterocycles. The average Bonchev–Trinajstić information content (AvgIpc) is 1.85. The summed E-state index contributed by atoms with van der Waals surface area (Å²) in [5.41, 5.74) is 4.83. The fourth-order valence-corrected chi connectivity index (χ4v) is 1.51. The van der Waals surface area contributed by atoms with Crippen molar-refractivity contribution in [1.29, 1.82) is 0 Å². The molecule has 0 fully saturated rings. The largest absolute Gasteiger partial charge is 0.390 e. The number of aliphatic hydroxyl groups is 1. The molecule has 0 radical (unpaired) electrons. The van der Waals surface area contributed by atoms with Gasteiger partial charge in [0.25, 0.3) is 0 Å². The summed E-state index contributed by atoms with van der Waals surface area (Å²) in [5.74, 6) is 2.15. The number of hydrogen-bond acceptors (Lipinski definition) is 3. The predicted molar refractivity (Wildman–Crippen MR) is 51.9 cm³/mol. The van der Waals surface area contributed by atoms with Crippen LogP contribution in [0.4, 0.5) is 0 Å². The number of hydrogen-bond donors (Lipinski definition) is 2. The van der Waals surface area contributed by atoms with Crippen molar-refractivity contribution in [3.63, 3.8) is 0 Å². The quantitative estimate of drug-likeness (QED) is 0.600. The van der Waals surface area contributed by atoms with Gasteiger partial charge in [-0.2, -0.15) is 11.8 Å². The number of nitrogens with two attached hydrogens (primary N) is 1. The number of rotatable bonds is 6. The molecule has 0 amide bonds. The van der Waals surface area contributed by atoms with Crippen molar-refractivity contribution in [2.75, 3.05) is 18.1 Å². The van der Waals surface area contributed by atoms with E-state index >= 15 is 0 Å². The van der Waals surface area contributed by atoms with E-state index in [4.69, 9.17) is 5.73 Å². The lowest BCUT2D eigenvalue weighted by molar-refractivity contribution is 0.0706. The molecule has 0 saturated carbocycles. The van der Waals surface area contributed by atoms with E-state index in [1.165, 1.54) is 0 Å². The zero-order chi connectivity index (χ0) is 8.74. The first kappa shape index (κ1) is 11.3. The summed E-state index contributed by atoms with van der Waals surface area (Å²) in [4.78, 5) is 0. The topological polar surface area (TPSA) is 46.2 Å².